The Balaban J connectivity index is 2.03. The van der Waals surface area contributed by atoms with Crippen molar-refractivity contribution in [3.05, 3.63) is 29.8 Å². The van der Waals surface area contributed by atoms with E-state index in [-0.39, 0.29) is 0 Å². The molecule has 1 fully saturated rings. The van der Waals surface area contributed by atoms with Crippen LogP contribution in [-0.4, -0.2) is 26.8 Å². The number of piperidine rings is 1. The first-order valence-corrected chi connectivity index (χ1v) is 6.08. The fourth-order valence-corrected chi connectivity index (χ4v) is 2.42. The first-order valence-electron chi connectivity index (χ1n) is 6.08. The summed E-state index contributed by atoms with van der Waals surface area (Å²) < 4.78 is 5.20. The van der Waals surface area contributed by atoms with Crippen LogP contribution >= 0.6 is 0 Å². The topological polar surface area (TPSA) is 36.3 Å². The molecule has 3 nitrogen and oxygen atoms in total. The molecular formula is C14H18N2O. The van der Waals surface area contributed by atoms with Gasteiger partial charge in [0.15, 0.2) is 0 Å². The number of rotatable bonds is 3. The molecule has 0 aromatic heterocycles. The van der Waals surface area contributed by atoms with Crippen molar-refractivity contribution in [2.45, 2.75) is 12.8 Å². The minimum Gasteiger partial charge on any atom is -0.384 e. The Kier molecular flexibility index (Phi) is 4.00. The number of anilines is 1. The Labute approximate surface area is 103 Å². The fourth-order valence-electron chi connectivity index (χ4n) is 2.42. The summed E-state index contributed by atoms with van der Waals surface area (Å²) in [6.07, 6.45) is 2.29. The van der Waals surface area contributed by atoms with Crippen LogP contribution in [0.2, 0.25) is 0 Å². The second kappa shape index (κ2) is 5.70. The molecule has 0 saturated carbocycles. The van der Waals surface area contributed by atoms with Crippen LogP contribution in [0, 0.1) is 17.2 Å². The molecule has 1 saturated heterocycles. The molecule has 0 spiro atoms. The van der Waals surface area contributed by atoms with Gasteiger partial charge < -0.3 is 9.64 Å². The number of nitrogens with zero attached hydrogens (tertiary/aromatic N) is 2. The molecule has 0 radical (unpaired) electrons. The molecule has 90 valence electrons. The standard InChI is InChI=1S/C14H18N2O/c1-17-11-12-6-8-16(9-7-12)14-5-3-2-4-13(14)10-15/h2-5,12H,6-9,11H2,1H3. The lowest BCUT2D eigenvalue weighted by Gasteiger charge is -2.33. The Morgan fingerprint density at radius 1 is 1.35 bits per heavy atom. The summed E-state index contributed by atoms with van der Waals surface area (Å²) in [7, 11) is 1.76. The summed E-state index contributed by atoms with van der Waals surface area (Å²) in [6, 6.07) is 10.1. The molecule has 0 atom stereocenters. The van der Waals surface area contributed by atoms with Crippen LogP contribution in [0.3, 0.4) is 0 Å². The molecule has 3 heteroatoms. The predicted molar refractivity (Wildman–Crippen MR) is 68.0 cm³/mol. The van der Waals surface area contributed by atoms with Crippen LogP contribution in [0.1, 0.15) is 18.4 Å². The predicted octanol–water partition coefficient (Wildman–Crippen LogP) is 2.42. The molecule has 1 aliphatic heterocycles. The second-order valence-electron chi connectivity index (χ2n) is 4.51. The van der Waals surface area contributed by atoms with Gasteiger partial charge in [0.1, 0.15) is 6.07 Å². The zero-order valence-electron chi connectivity index (χ0n) is 10.2. The van der Waals surface area contributed by atoms with Gasteiger partial charge >= 0.3 is 0 Å². The highest BCUT2D eigenvalue weighted by atomic mass is 16.5. The zero-order chi connectivity index (χ0) is 12.1. The summed E-state index contributed by atoms with van der Waals surface area (Å²) in [5, 5.41) is 9.09. The van der Waals surface area contributed by atoms with E-state index in [1.54, 1.807) is 7.11 Å². The highest BCUT2D eigenvalue weighted by Crippen LogP contribution is 2.25. The summed E-state index contributed by atoms with van der Waals surface area (Å²) in [6.45, 7) is 2.90. The highest BCUT2D eigenvalue weighted by molar-refractivity contribution is 5.59. The van der Waals surface area contributed by atoms with Gasteiger partial charge in [-0.05, 0) is 30.9 Å². The van der Waals surface area contributed by atoms with E-state index < -0.39 is 0 Å². The van der Waals surface area contributed by atoms with E-state index in [0.717, 1.165) is 43.8 Å². The maximum atomic E-state index is 9.09. The Bertz CT molecular complexity index is 403. The molecule has 1 aromatic carbocycles. The van der Waals surface area contributed by atoms with Crippen LogP contribution in [-0.2, 0) is 4.74 Å². The van der Waals surface area contributed by atoms with E-state index in [2.05, 4.69) is 11.0 Å². The lowest BCUT2D eigenvalue weighted by molar-refractivity contribution is 0.139. The van der Waals surface area contributed by atoms with Gasteiger partial charge in [-0.3, -0.25) is 0 Å². The minimum absolute atomic E-state index is 0.672. The molecule has 1 aliphatic rings. The average Bonchev–Trinajstić information content (AvgIpc) is 2.40. The zero-order valence-corrected chi connectivity index (χ0v) is 10.2. The average molecular weight is 230 g/mol. The van der Waals surface area contributed by atoms with Gasteiger partial charge in [0.05, 0.1) is 11.3 Å². The van der Waals surface area contributed by atoms with Gasteiger partial charge in [0.2, 0.25) is 0 Å². The Morgan fingerprint density at radius 2 is 2.06 bits per heavy atom. The van der Waals surface area contributed by atoms with E-state index in [1.807, 2.05) is 24.3 Å². The summed E-state index contributed by atoms with van der Waals surface area (Å²) in [4.78, 5) is 2.31. The van der Waals surface area contributed by atoms with E-state index in [9.17, 15) is 0 Å². The molecular weight excluding hydrogens is 212 g/mol. The van der Waals surface area contributed by atoms with Crippen molar-refractivity contribution in [2.75, 3.05) is 31.7 Å². The van der Waals surface area contributed by atoms with Crippen LogP contribution in [0.25, 0.3) is 0 Å². The number of hydrogen-bond acceptors (Lipinski definition) is 3. The van der Waals surface area contributed by atoms with Crippen molar-refractivity contribution in [1.82, 2.24) is 0 Å². The molecule has 2 rings (SSSR count). The van der Waals surface area contributed by atoms with Crippen molar-refractivity contribution in [1.29, 1.82) is 5.26 Å². The minimum atomic E-state index is 0.672. The van der Waals surface area contributed by atoms with Crippen molar-refractivity contribution in [2.24, 2.45) is 5.92 Å². The molecule has 0 aliphatic carbocycles. The smallest absolute Gasteiger partial charge is 0.101 e. The first kappa shape index (κ1) is 11.9. The monoisotopic (exact) mass is 230 g/mol. The van der Waals surface area contributed by atoms with Crippen LogP contribution in [0.5, 0.6) is 0 Å². The number of benzene rings is 1. The van der Waals surface area contributed by atoms with Crippen molar-refractivity contribution >= 4 is 5.69 Å². The number of methoxy groups -OCH3 is 1. The molecule has 1 heterocycles. The normalized spacial score (nSPS) is 16.8. The maximum Gasteiger partial charge on any atom is 0.101 e. The van der Waals surface area contributed by atoms with Gasteiger partial charge in [0, 0.05) is 26.8 Å². The first-order chi connectivity index (χ1) is 8.35. The number of ether oxygens (including phenoxy) is 1. The molecule has 0 bridgehead atoms. The Hall–Kier alpha value is -1.53. The van der Waals surface area contributed by atoms with Gasteiger partial charge in [-0.25, -0.2) is 0 Å². The fraction of sp³-hybridized carbons (Fsp3) is 0.500. The van der Waals surface area contributed by atoms with Crippen molar-refractivity contribution < 1.29 is 4.74 Å². The van der Waals surface area contributed by atoms with Crippen molar-refractivity contribution in [3.8, 4) is 6.07 Å². The van der Waals surface area contributed by atoms with E-state index in [0.29, 0.717) is 5.92 Å². The Morgan fingerprint density at radius 3 is 2.71 bits per heavy atom. The molecule has 0 unspecified atom stereocenters. The van der Waals surface area contributed by atoms with E-state index in [1.165, 1.54) is 0 Å². The van der Waals surface area contributed by atoms with Gasteiger partial charge in [0.25, 0.3) is 0 Å². The molecule has 1 aromatic rings. The number of para-hydroxylation sites is 1. The third-order valence-corrected chi connectivity index (χ3v) is 3.38. The van der Waals surface area contributed by atoms with Crippen LogP contribution in [0.15, 0.2) is 24.3 Å². The van der Waals surface area contributed by atoms with Crippen LogP contribution in [0.4, 0.5) is 5.69 Å². The maximum absolute atomic E-state index is 9.09. The molecule has 17 heavy (non-hydrogen) atoms. The molecule has 0 N–H and O–H groups in total. The summed E-state index contributed by atoms with van der Waals surface area (Å²) in [5.41, 5.74) is 1.85. The summed E-state index contributed by atoms with van der Waals surface area (Å²) in [5.74, 6) is 0.672. The largest absolute Gasteiger partial charge is 0.384 e. The van der Waals surface area contributed by atoms with E-state index >= 15 is 0 Å². The van der Waals surface area contributed by atoms with Gasteiger partial charge in [-0.15, -0.1) is 0 Å². The quantitative estimate of drug-likeness (QED) is 0.800. The highest BCUT2D eigenvalue weighted by Gasteiger charge is 2.20. The second-order valence-corrected chi connectivity index (χ2v) is 4.51. The lowest BCUT2D eigenvalue weighted by Crippen LogP contribution is -2.35. The SMILES string of the molecule is COCC1CCN(c2ccccc2C#N)CC1. The lowest BCUT2D eigenvalue weighted by atomic mass is 9.97. The number of hydrogen-bond donors (Lipinski definition) is 0. The van der Waals surface area contributed by atoms with Gasteiger partial charge in [-0.1, -0.05) is 12.1 Å². The number of nitriles is 1. The summed E-state index contributed by atoms with van der Waals surface area (Å²) >= 11 is 0. The molecule has 0 amide bonds. The van der Waals surface area contributed by atoms with Crippen molar-refractivity contribution in [3.63, 3.8) is 0 Å². The third-order valence-electron chi connectivity index (χ3n) is 3.38. The van der Waals surface area contributed by atoms with Crippen LogP contribution < -0.4 is 4.90 Å². The third kappa shape index (κ3) is 2.78. The van der Waals surface area contributed by atoms with Gasteiger partial charge in [-0.2, -0.15) is 5.26 Å². The van der Waals surface area contributed by atoms with E-state index in [4.69, 9.17) is 10.00 Å².